The number of carbonyl (C=O) groups excluding carboxylic acids is 4. The third-order valence-electron chi connectivity index (χ3n) is 4.03. The molecular weight excluding hydrogens is 414 g/mol. The van der Waals surface area contributed by atoms with Crippen LogP contribution in [-0.4, -0.2) is 71.4 Å². The van der Waals surface area contributed by atoms with Gasteiger partial charge in [0.15, 0.2) is 0 Å². The van der Waals surface area contributed by atoms with Gasteiger partial charge in [0.05, 0.1) is 6.04 Å². The zero-order valence-electron chi connectivity index (χ0n) is 17.6. The Labute approximate surface area is 180 Å². The lowest BCUT2D eigenvalue weighted by molar-refractivity contribution is -0.138. The molecule has 4 amide bonds. The highest BCUT2D eigenvalue weighted by Gasteiger charge is 2.28. The van der Waals surface area contributed by atoms with Gasteiger partial charge in [-0.1, -0.05) is 13.8 Å². The molecule has 11 nitrogen and oxygen atoms in total. The second-order valence-corrected chi connectivity index (χ2v) is 8.24. The lowest BCUT2D eigenvalue weighted by Crippen LogP contribution is -2.56. The topological polar surface area (TPSA) is 194 Å². The summed E-state index contributed by atoms with van der Waals surface area (Å²) in [5, 5.41) is 16.0. The van der Waals surface area contributed by atoms with E-state index in [-0.39, 0.29) is 25.2 Å². The van der Waals surface area contributed by atoms with E-state index >= 15 is 0 Å². The minimum atomic E-state index is -1.22. The number of hydrogen-bond acceptors (Lipinski definition) is 7. The lowest BCUT2D eigenvalue weighted by atomic mass is 10.0. The molecule has 0 radical (unpaired) electrons. The molecule has 0 fully saturated rings. The van der Waals surface area contributed by atoms with Gasteiger partial charge in [0.1, 0.15) is 18.6 Å². The summed E-state index contributed by atoms with van der Waals surface area (Å²) in [4.78, 5) is 59.1. The molecule has 3 atom stereocenters. The van der Waals surface area contributed by atoms with Crippen molar-refractivity contribution < 1.29 is 29.1 Å². The van der Waals surface area contributed by atoms with Gasteiger partial charge in [-0.25, -0.2) is 0 Å². The van der Waals surface area contributed by atoms with Crippen LogP contribution < -0.4 is 27.4 Å². The number of nitrogens with one attached hydrogen (secondary N) is 3. The molecular formula is C18H33N5O6S. The van der Waals surface area contributed by atoms with Gasteiger partial charge in [-0.2, -0.15) is 11.8 Å². The van der Waals surface area contributed by atoms with Gasteiger partial charge in [-0.05, 0) is 37.2 Å². The van der Waals surface area contributed by atoms with Crippen LogP contribution in [0.3, 0.4) is 0 Å². The molecule has 0 rings (SSSR count). The summed E-state index contributed by atoms with van der Waals surface area (Å²) in [5.74, 6) is -3.06. The van der Waals surface area contributed by atoms with E-state index in [1.54, 1.807) is 0 Å². The Balaban J connectivity index is 5.25. The van der Waals surface area contributed by atoms with Crippen LogP contribution in [0.4, 0.5) is 0 Å². The molecule has 3 unspecified atom stereocenters. The first kappa shape index (κ1) is 27.7. The number of amides is 4. The van der Waals surface area contributed by atoms with Gasteiger partial charge in [0.25, 0.3) is 0 Å². The number of primary amides is 1. The quantitative estimate of drug-likeness (QED) is 0.175. The number of aliphatic carboxylic acids is 1. The molecule has 0 bridgehead atoms. The van der Waals surface area contributed by atoms with Crippen molar-refractivity contribution in [3.63, 3.8) is 0 Å². The van der Waals surface area contributed by atoms with Gasteiger partial charge in [0, 0.05) is 6.42 Å². The van der Waals surface area contributed by atoms with Gasteiger partial charge < -0.3 is 32.5 Å². The molecule has 0 aliphatic heterocycles. The van der Waals surface area contributed by atoms with E-state index in [9.17, 15) is 24.0 Å². The first-order valence-corrected chi connectivity index (χ1v) is 11.0. The van der Waals surface area contributed by atoms with Crippen molar-refractivity contribution in [1.29, 1.82) is 0 Å². The van der Waals surface area contributed by atoms with Crippen molar-refractivity contribution in [2.45, 2.75) is 57.7 Å². The minimum Gasteiger partial charge on any atom is -0.480 e. The first-order valence-electron chi connectivity index (χ1n) is 9.60. The number of nitrogens with two attached hydrogens (primary N) is 2. The predicted octanol–water partition coefficient (Wildman–Crippen LogP) is -1.45. The molecule has 0 aromatic heterocycles. The largest absolute Gasteiger partial charge is 0.480 e. The first-order chi connectivity index (χ1) is 14.0. The van der Waals surface area contributed by atoms with E-state index in [2.05, 4.69) is 16.0 Å². The summed E-state index contributed by atoms with van der Waals surface area (Å²) >= 11 is 1.45. The van der Waals surface area contributed by atoms with Crippen LogP contribution >= 0.6 is 11.8 Å². The Bertz CT molecular complexity index is 616. The number of carboxylic acids is 1. The average Bonchev–Trinajstić information content (AvgIpc) is 2.65. The van der Waals surface area contributed by atoms with E-state index in [1.165, 1.54) is 11.8 Å². The van der Waals surface area contributed by atoms with E-state index in [1.807, 2.05) is 20.1 Å². The molecule has 0 aromatic carbocycles. The highest BCUT2D eigenvalue weighted by Crippen LogP contribution is 2.06. The molecule has 0 spiro atoms. The molecule has 0 aromatic rings. The number of rotatable bonds is 15. The summed E-state index contributed by atoms with van der Waals surface area (Å²) in [7, 11) is 0. The fourth-order valence-corrected chi connectivity index (χ4v) is 2.98. The zero-order chi connectivity index (χ0) is 23.3. The van der Waals surface area contributed by atoms with Gasteiger partial charge in [0.2, 0.25) is 23.6 Å². The maximum absolute atomic E-state index is 12.7. The Hall–Kier alpha value is -2.34. The second-order valence-electron chi connectivity index (χ2n) is 7.26. The van der Waals surface area contributed by atoms with Gasteiger partial charge >= 0.3 is 5.97 Å². The summed E-state index contributed by atoms with van der Waals surface area (Å²) in [6.45, 7) is 3.21. The average molecular weight is 448 g/mol. The number of thioether (sulfide) groups is 1. The maximum Gasteiger partial charge on any atom is 0.322 e. The fourth-order valence-electron chi connectivity index (χ4n) is 2.51. The predicted molar refractivity (Wildman–Crippen MR) is 113 cm³/mol. The van der Waals surface area contributed by atoms with E-state index < -0.39 is 54.3 Å². The fraction of sp³-hybridized carbons (Fsp3) is 0.722. The SMILES string of the molecule is CSCCC(NC(=O)C(CCC(N)=O)NC(=O)C(N)CC(C)C)C(=O)NCC(=O)O. The van der Waals surface area contributed by atoms with Crippen LogP contribution in [0.5, 0.6) is 0 Å². The summed E-state index contributed by atoms with van der Waals surface area (Å²) in [6, 6.07) is -2.95. The number of carbonyl (C=O) groups is 5. The van der Waals surface area contributed by atoms with Crippen LogP contribution in [0.1, 0.15) is 39.5 Å². The Morgan fingerprint density at radius 1 is 0.967 bits per heavy atom. The Kier molecular flexibility index (Phi) is 13.5. The molecule has 0 aliphatic rings. The molecule has 8 N–H and O–H groups in total. The lowest BCUT2D eigenvalue weighted by Gasteiger charge is -2.24. The summed E-state index contributed by atoms with van der Waals surface area (Å²) in [6.07, 6.45) is 2.26. The van der Waals surface area contributed by atoms with E-state index in [4.69, 9.17) is 16.6 Å². The molecule has 172 valence electrons. The summed E-state index contributed by atoms with van der Waals surface area (Å²) in [5.41, 5.74) is 11.0. The van der Waals surface area contributed by atoms with Crippen LogP contribution in [0, 0.1) is 5.92 Å². The van der Waals surface area contributed by atoms with Crippen LogP contribution in [0.25, 0.3) is 0 Å². The number of hydrogen-bond donors (Lipinski definition) is 6. The third-order valence-corrected chi connectivity index (χ3v) is 4.68. The zero-order valence-corrected chi connectivity index (χ0v) is 18.4. The maximum atomic E-state index is 12.7. The molecule has 30 heavy (non-hydrogen) atoms. The normalized spacial score (nSPS) is 13.8. The molecule has 0 saturated heterocycles. The van der Waals surface area contributed by atoms with Crippen LogP contribution in [0.2, 0.25) is 0 Å². The van der Waals surface area contributed by atoms with Crippen molar-refractivity contribution in [1.82, 2.24) is 16.0 Å². The molecule has 0 heterocycles. The standard InChI is InChI=1S/C18H33N5O6S/c1-10(2)8-11(19)16(27)22-12(4-5-14(20)24)18(29)23-13(6-7-30-3)17(28)21-9-15(25)26/h10-13H,4-9,19H2,1-3H3,(H2,20,24)(H,21,28)(H,22,27)(H,23,29)(H,25,26). The highest BCUT2D eigenvalue weighted by molar-refractivity contribution is 7.98. The van der Waals surface area contributed by atoms with E-state index in [0.717, 1.165) is 0 Å². The monoisotopic (exact) mass is 447 g/mol. The molecule has 0 saturated carbocycles. The van der Waals surface area contributed by atoms with Gasteiger partial charge in [-0.3, -0.25) is 24.0 Å². The van der Waals surface area contributed by atoms with Crippen molar-refractivity contribution in [2.75, 3.05) is 18.6 Å². The minimum absolute atomic E-state index is 0.0622. The van der Waals surface area contributed by atoms with Crippen molar-refractivity contribution in [3.05, 3.63) is 0 Å². The van der Waals surface area contributed by atoms with Crippen molar-refractivity contribution in [2.24, 2.45) is 17.4 Å². The number of carboxylic acid groups (broad SMARTS) is 1. The second kappa shape index (κ2) is 14.6. The smallest absolute Gasteiger partial charge is 0.322 e. The van der Waals surface area contributed by atoms with E-state index in [0.29, 0.717) is 12.2 Å². The van der Waals surface area contributed by atoms with Crippen molar-refractivity contribution in [3.8, 4) is 0 Å². The summed E-state index contributed by atoms with van der Waals surface area (Å²) < 4.78 is 0. The Morgan fingerprint density at radius 3 is 2.03 bits per heavy atom. The van der Waals surface area contributed by atoms with Gasteiger partial charge in [-0.15, -0.1) is 0 Å². The van der Waals surface area contributed by atoms with Crippen molar-refractivity contribution >= 4 is 41.4 Å². The highest BCUT2D eigenvalue weighted by atomic mass is 32.2. The Morgan fingerprint density at radius 2 is 1.53 bits per heavy atom. The third kappa shape index (κ3) is 12.3. The molecule has 0 aliphatic carbocycles. The van der Waals surface area contributed by atoms with Crippen LogP contribution in [-0.2, 0) is 24.0 Å². The van der Waals surface area contributed by atoms with Crippen LogP contribution in [0.15, 0.2) is 0 Å². The molecule has 12 heteroatoms.